The van der Waals surface area contributed by atoms with E-state index < -0.39 is 27.4 Å². The third-order valence-electron chi connectivity index (χ3n) is 6.15. The zero-order chi connectivity index (χ0) is 29.9. The number of benzene rings is 1. The van der Waals surface area contributed by atoms with Crippen molar-refractivity contribution in [2.24, 2.45) is 5.73 Å². The number of carbonyl (C=O) groups is 2. The van der Waals surface area contributed by atoms with Crippen LogP contribution in [0.25, 0.3) is 16.6 Å². The number of hydrogen-bond acceptors (Lipinski definition) is 9. The Morgan fingerprint density at radius 1 is 1.10 bits per heavy atom. The molecule has 3 aromatic rings. The van der Waals surface area contributed by atoms with E-state index >= 15 is 0 Å². The molecular weight excluding hydrogens is 564 g/mol. The Kier molecular flexibility index (Phi) is 8.71. The Labute approximate surface area is 243 Å². The number of piperazine rings is 1. The highest BCUT2D eigenvalue weighted by Gasteiger charge is 2.34. The van der Waals surface area contributed by atoms with Gasteiger partial charge in [-0.15, -0.1) is 11.3 Å². The average Bonchev–Trinajstić information content (AvgIpc) is 3.32. The molecule has 1 aromatic carbocycles. The van der Waals surface area contributed by atoms with Crippen molar-refractivity contribution in [2.45, 2.75) is 33.3 Å². The zero-order valence-electron chi connectivity index (χ0n) is 23.2. The minimum Gasteiger partial charge on any atom is -0.456 e. The molecule has 0 saturated carbocycles. The number of amides is 1. The van der Waals surface area contributed by atoms with E-state index in [2.05, 4.69) is 9.97 Å². The van der Waals surface area contributed by atoms with Crippen LogP contribution in [-0.2, 0) is 14.8 Å². The van der Waals surface area contributed by atoms with Crippen molar-refractivity contribution in [3.8, 4) is 10.6 Å². The van der Waals surface area contributed by atoms with E-state index in [9.17, 15) is 18.0 Å². The molecule has 1 fully saturated rings. The van der Waals surface area contributed by atoms with Crippen LogP contribution in [0.15, 0.2) is 53.7 Å². The number of carbonyl (C=O) groups excluding carboxylic acids is 2. The summed E-state index contributed by atoms with van der Waals surface area (Å²) in [5.41, 5.74) is 7.12. The van der Waals surface area contributed by atoms with Gasteiger partial charge in [-0.2, -0.15) is 4.31 Å². The smallest absolute Gasteiger partial charge is 0.338 e. The fourth-order valence-electron chi connectivity index (χ4n) is 4.16. The van der Waals surface area contributed by atoms with Gasteiger partial charge in [-0.25, -0.2) is 18.2 Å². The summed E-state index contributed by atoms with van der Waals surface area (Å²) in [6.45, 7) is 7.43. The maximum atomic E-state index is 13.5. The van der Waals surface area contributed by atoms with Crippen molar-refractivity contribution >= 4 is 45.1 Å². The number of nitrogens with zero attached hydrogens (tertiary/aromatic N) is 4. The van der Waals surface area contributed by atoms with Gasteiger partial charge in [-0.1, -0.05) is 12.1 Å². The number of nitrogens with two attached hydrogens (primary N) is 1. The highest BCUT2D eigenvalue weighted by atomic mass is 32.2. The van der Waals surface area contributed by atoms with E-state index in [1.807, 2.05) is 12.1 Å². The van der Waals surface area contributed by atoms with Gasteiger partial charge < -0.3 is 15.4 Å². The molecule has 41 heavy (non-hydrogen) atoms. The molecule has 1 aliphatic rings. The third-order valence-corrected chi connectivity index (χ3v) is 9.28. The first-order chi connectivity index (χ1) is 19.3. The summed E-state index contributed by atoms with van der Waals surface area (Å²) >= 11 is 1.29. The van der Waals surface area contributed by atoms with Gasteiger partial charge in [-0.05, 0) is 63.6 Å². The molecule has 3 N–H and O–H groups in total. The van der Waals surface area contributed by atoms with Crippen LogP contribution in [0.1, 0.15) is 52.1 Å². The molecule has 3 heterocycles. The summed E-state index contributed by atoms with van der Waals surface area (Å²) in [6.07, 6.45) is 4.59. The minimum atomic E-state index is -4.16. The van der Waals surface area contributed by atoms with E-state index in [1.54, 1.807) is 63.2 Å². The van der Waals surface area contributed by atoms with Crippen LogP contribution in [-0.4, -0.2) is 77.1 Å². The molecule has 11 nitrogen and oxygen atoms in total. The van der Waals surface area contributed by atoms with E-state index in [0.29, 0.717) is 21.1 Å². The van der Waals surface area contributed by atoms with Crippen molar-refractivity contribution in [1.29, 1.82) is 5.41 Å². The third kappa shape index (κ3) is 7.04. The molecule has 0 radical (unpaired) electrons. The van der Waals surface area contributed by atoms with Crippen molar-refractivity contribution in [1.82, 2.24) is 19.2 Å². The SMILES string of the molecule is Cc1nc(-c2ccncc2)sc1C(=O)N1CCN(S(=O)(=O)C(=Cc2cccc(C(=O)OC(C)(C)C)c2)C(=N)N)CC1. The van der Waals surface area contributed by atoms with Crippen LogP contribution in [0.5, 0.6) is 0 Å². The van der Waals surface area contributed by atoms with Gasteiger partial charge in [0.05, 0.1) is 11.3 Å². The lowest BCUT2D eigenvalue weighted by atomic mass is 10.1. The first-order valence-corrected chi connectivity index (χ1v) is 15.1. The van der Waals surface area contributed by atoms with Gasteiger partial charge in [0.15, 0.2) is 0 Å². The number of ether oxygens (including phenoxy) is 1. The summed E-state index contributed by atoms with van der Waals surface area (Å²) in [6, 6.07) is 9.91. The minimum absolute atomic E-state index is 0.0334. The predicted octanol–water partition coefficient (Wildman–Crippen LogP) is 3.53. The lowest BCUT2D eigenvalue weighted by Gasteiger charge is -2.34. The first kappa shape index (κ1) is 30.0. The number of esters is 1. The second kappa shape index (κ2) is 11.9. The fourth-order valence-corrected chi connectivity index (χ4v) is 6.69. The fraction of sp³-hybridized carbons (Fsp3) is 0.321. The summed E-state index contributed by atoms with van der Waals surface area (Å²) in [4.78, 5) is 36.0. The molecular formula is C28H32N6O5S2. The molecule has 0 unspecified atom stereocenters. The van der Waals surface area contributed by atoms with Crippen molar-refractivity contribution in [3.63, 3.8) is 0 Å². The molecule has 1 amide bonds. The van der Waals surface area contributed by atoms with Gasteiger partial charge in [0.1, 0.15) is 26.2 Å². The summed E-state index contributed by atoms with van der Waals surface area (Å²) in [5, 5.41) is 8.70. The van der Waals surface area contributed by atoms with Crippen molar-refractivity contribution < 1.29 is 22.7 Å². The zero-order valence-corrected chi connectivity index (χ0v) is 24.9. The van der Waals surface area contributed by atoms with E-state index in [4.69, 9.17) is 15.9 Å². The quantitative estimate of drug-likeness (QED) is 0.238. The van der Waals surface area contributed by atoms with Crippen LogP contribution in [0, 0.1) is 12.3 Å². The Bertz CT molecular complexity index is 1600. The Hall–Kier alpha value is -3.94. The number of aryl methyl sites for hydroxylation is 1. The summed E-state index contributed by atoms with van der Waals surface area (Å²) in [7, 11) is -4.16. The van der Waals surface area contributed by atoms with Gasteiger partial charge in [0.2, 0.25) is 10.0 Å². The number of nitrogens with one attached hydrogen (secondary N) is 1. The monoisotopic (exact) mass is 596 g/mol. The average molecular weight is 597 g/mol. The lowest BCUT2D eigenvalue weighted by Crippen LogP contribution is -2.51. The summed E-state index contributed by atoms with van der Waals surface area (Å²) < 4.78 is 33.7. The second-order valence-electron chi connectivity index (χ2n) is 10.4. The Morgan fingerprint density at radius 2 is 1.76 bits per heavy atom. The molecule has 13 heteroatoms. The number of sulfonamides is 1. The van der Waals surface area contributed by atoms with Crippen LogP contribution >= 0.6 is 11.3 Å². The predicted molar refractivity (Wildman–Crippen MR) is 158 cm³/mol. The van der Waals surface area contributed by atoms with Crippen molar-refractivity contribution in [3.05, 3.63) is 75.4 Å². The van der Waals surface area contributed by atoms with E-state index in [0.717, 1.165) is 5.56 Å². The van der Waals surface area contributed by atoms with Gasteiger partial charge in [0.25, 0.3) is 5.91 Å². The van der Waals surface area contributed by atoms with Crippen LogP contribution in [0.2, 0.25) is 0 Å². The lowest BCUT2D eigenvalue weighted by molar-refractivity contribution is 0.00693. The molecule has 0 bridgehead atoms. The molecule has 0 atom stereocenters. The molecule has 2 aromatic heterocycles. The van der Waals surface area contributed by atoms with Gasteiger partial charge in [0, 0.05) is 44.1 Å². The van der Waals surface area contributed by atoms with Crippen molar-refractivity contribution in [2.75, 3.05) is 26.2 Å². The number of thiazole rings is 1. The summed E-state index contributed by atoms with van der Waals surface area (Å²) in [5.74, 6) is -1.39. The number of amidine groups is 1. The highest BCUT2D eigenvalue weighted by molar-refractivity contribution is 7.94. The molecule has 216 valence electrons. The van der Waals surface area contributed by atoms with Crippen LogP contribution in [0.4, 0.5) is 0 Å². The van der Waals surface area contributed by atoms with Crippen LogP contribution in [0.3, 0.4) is 0 Å². The van der Waals surface area contributed by atoms with Gasteiger partial charge >= 0.3 is 5.97 Å². The molecule has 0 aliphatic carbocycles. The number of pyridine rings is 1. The second-order valence-corrected chi connectivity index (χ2v) is 13.3. The molecule has 1 aliphatic heterocycles. The number of hydrogen-bond donors (Lipinski definition) is 2. The Balaban J connectivity index is 1.49. The van der Waals surface area contributed by atoms with Gasteiger partial charge in [-0.3, -0.25) is 15.2 Å². The standard InChI is InChI=1S/C28H32N6O5S2/c1-18-23(40-25(32-18)20-8-10-31-11-9-20)26(35)33-12-14-34(15-13-33)41(37,38)22(24(29)30)17-19-6-5-7-21(16-19)27(36)39-28(2,3)4/h5-11,16-17H,12-15H2,1-4H3,(H3,29,30). The largest absolute Gasteiger partial charge is 0.456 e. The first-order valence-electron chi connectivity index (χ1n) is 12.8. The normalized spacial score (nSPS) is 15.0. The maximum Gasteiger partial charge on any atom is 0.338 e. The topological polar surface area (TPSA) is 160 Å². The number of aromatic nitrogens is 2. The molecule has 0 spiro atoms. The van der Waals surface area contributed by atoms with E-state index in [-0.39, 0.29) is 42.6 Å². The van der Waals surface area contributed by atoms with E-state index in [1.165, 1.54) is 27.8 Å². The maximum absolute atomic E-state index is 13.5. The molecule has 4 rings (SSSR count). The highest BCUT2D eigenvalue weighted by Crippen LogP contribution is 2.29. The number of rotatable bonds is 7. The Morgan fingerprint density at radius 3 is 2.37 bits per heavy atom. The van der Waals surface area contributed by atoms with Crippen LogP contribution < -0.4 is 5.73 Å². The molecule has 1 saturated heterocycles.